The van der Waals surface area contributed by atoms with Crippen LogP contribution in [0.3, 0.4) is 0 Å². The molecule has 0 fully saturated rings. The topological polar surface area (TPSA) is 18.5 Å². The van der Waals surface area contributed by atoms with Gasteiger partial charge >= 0.3 is 0 Å². The fourth-order valence-corrected chi connectivity index (χ4v) is 3.91. The van der Waals surface area contributed by atoms with E-state index in [2.05, 4.69) is 54.3 Å². The van der Waals surface area contributed by atoms with Gasteiger partial charge in [0.25, 0.3) is 0 Å². The van der Waals surface area contributed by atoms with Crippen LogP contribution in [0.4, 0.5) is 0 Å². The molecule has 172 valence electrons. The Balaban J connectivity index is 1.04. The highest BCUT2D eigenvalue weighted by Gasteiger charge is 2.01. The fraction of sp³-hybridized carbons (Fsp3) is 0.250. The Morgan fingerprint density at radius 1 is 0.471 bits per heavy atom. The van der Waals surface area contributed by atoms with Crippen LogP contribution in [0.15, 0.2) is 97.1 Å². The van der Waals surface area contributed by atoms with E-state index in [9.17, 15) is 0 Å². The highest BCUT2D eigenvalue weighted by molar-refractivity contribution is 5.88. The lowest BCUT2D eigenvalue weighted by atomic mass is 10.1. The molecule has 0 aliphatic heterocycles. The van der Waals surface area contributed by atoms with Gasteiger partial charge in [-0.05, 0) is 60.7 Å². The van der Waals surface area contributed by atoms with Crippen LogP contribution in [0.1, 0.15) is 49.7 Å². The van der Waals surface area contributed by atoms with E-state index >= 15 is 0 Å². The van der Waals surface area contributed by atoms with Crippen LogP contribution in [0, 0.1) is 11.8 Å². The predicted molar refractivity (Wildman–Crippen MR) is 142 cm³/mol. The van der Waals surface area contributed by atoms with Crippen molar-refractivity contribution < 1.29 is 9.47 Å². The zero-order chi connectivity index (χ0) is 23.3. The van der Waals surface area contributed by atoms with Crippen LogP contribution in [0.2, 0.25) is 0 Å². The second-order valence-electron chi connectivity index (χ2n) is 8.44. The maximum Gasteiger partial charge on any atom is 0.127 e. The van der Waals surface area contributed by atoms with E-state index in [0.717, 1.165) is 48.7 Å². The number of fused-ring (bicyclic) bond motifs is 1. The molecule has 0 atom stereocenters. The molecule has 0 aliphatic rings. The van der Waals surface area contributed by atoms with Crippen molar-refractivity contribution in [3.05, 3.63) is 108 Å². The predicted octanol–water partition coefficient (Wildman–Crippen LogP) is 8.04. The summed E-state index contributed by atoms with van der Waals surface area (Å²) < 4.78 is 11.9. The summed E-state index contributed by atoms with van der Waals surface area (Å²) in [6.07, 6.45) is 7.07. The summed E-state index contributed by atoms with van der Waals surface area (Å²) in [7, 11) is 0. The lowest BCUT2D eigenvalue weighted by molar-refractivity contribution is 0.298. The number of hydrogen-bond donors (Lipinski definition) is 0. The monoisotopic (exact) mass is 448 g/mol. The van der Waals surface area contributed by atoms with Crippen molar-refractivity contribution in [2.45, 2.75) is 38.5 Å². The van der Waals surface area contributed by atoms with Crippen molar-refractivity contribution in [3.63, 3.8) is 0 Å². The van der Waals surface area contributed by atoms with E-state index in [1.54, 1.807) is 0 Å². The average molecular weight is 449 g/mol. The van der Waals surface area contributed by atoms with Gasteiger partial charge in [0.05, 0.1) is 13.2 Å². The summed E-state index contributed by atoms with van der Waals surface area (Å²) in [5, 5.41) is 2.43. The Labute approximate surface area is 203 Å². The van der Waals surface area contributed by atoms with Gasteiger partial charge in [0.15, 0.2) is 0 Å². The third kappa shape index (κ3) is 7.42. The maximum absolute atomic E-state index is 6.03. The zero-order valence-corrected chi connectivity index (χ0v) is 19.7. The van der Waals surface area contributed by atoms with Crippen LogP contribution >= 0.6 is 0 Å². The molecule has 4 rings (SSSR count). The average Bonchev–Trinajstić information content (AvgIpc) is 2.90. The molecular formula is C32H32O2. The smallest absolute Gasteiger partial charge is 0.127 e. The molecule has 4 aromatic rings. The second-order valence-corrected chi connectivity index (χ2v) is 8.44. The van der Waals surface area contributed by atoms with Gasteiger partial charge in [0.1, 0.15) is 11.5 Å². The zero-order valence-electron chi connectivity index (χ0n) is 19.7. The maximum atomic E-state index is 6.03. The van der Waals surface area contributed by atoms with Crippen LogP contribution < -0.4 is 9.47 Å². The van der Waals surface area contributed by atoms with Crippen molar-refractivity contribution in [2.75, 3.05) is 13.2 Å². The molecule has 0 amide bonds. The Bertz CT molecular complexity index is 1200. The molecule has 0 bridgehead atoms. The number of hydrogen-bond acceptors (Lipinski definition) is 2. The first-order valence-electron chi connectivity index (χ1n) is 12.3. The van der Waals surface area contributed by atoms with E-state index in [0.29, 0.717) is 0 Å². The quantitative estimate of drug-likeness (QED) is 0.171. The standard InChI is InChI=1S/C32H32O2/c1(2-4-11-26-34-32-18-12-16-29-15-8-9-17-31(29)32)3-10-25-33-30-23-21-28(22-24-30)20-19-27-13-6-5-7-14-27/h5-9,12-18,21-24H,1-4,10-11,25-26H2. The van der Waals surface area contributed by atoms with Gasteiger partial charge in [-0.15, -0.1) is 0 Å². The normalized spacial score (nSPS) is 10.5. The lowest BCUT2D eigenvalue weighted by Crippen LogP contribution is -1.99. The lowest BCUT2D eigenvalue weighted by Gasteiger charge is -2.09. The molecule has 0 N–H and O–H groups in total. The molecule has 2 nitrogen and oxygen atoms in total. The molecule has 0 aromatic heterocycles. The van der Waals surface area contributed by atoms with Crippen LogP contribution in [-0.2, 0) is 0 Å². The van der Waals surface area contributed by atoms with E-state index in [1.165, 1.54) is 36.5 Å². The second kappa shape index (κ2) is 13.1. The van der Waals surface area contributed by atoms with Gasteiger partial charge in [0, 0.05) is 16.5 Å². The fourth-order valence-electron chi connectivity index (χ4n) is 3.91. The summed E-state index contributed by atoms with van der Waals surface area (Å²) in [6.45, 7) is 1.54. The SMILES string of the molecule is C(#Cc1ccc(OCCCCCCCCOc2cccc3ccccc23)cc1)c1ccccc1. The van der Waals surface area contributed by atoms with Gasteiger partial charge in [-0.25, -0.2) is 0 Å². The number of rotatable bonds is 11. The van der Waals surface area contributed by atoms with E-state index < -0.39 is 0 Å². The Hall–Kier alpha value is -3.70. The van der Waals surface area contributed by atoms with Crippen LogP contribution in [0.5, 0.6) is 11.5 Å². The Kier molecular flexibility index (Phi) is 9.05. The van der Waals surface area contributed by atoms with E-state index in [1.807, 2.05) is 54.6 Å². The largest absolute Gasteiger partial charge is 0.494 e. The van der Waals surface area contributed by atoms with E-state index in [4.69, 9.17) is 9.47 Å². The van der Waals surface area contributed by atoms with Crippen molar-refractivity contribution in [1.82, 2.24) is 0 Å². The molecule has 0 unspecified atom stereocenters. The van der Waals surface area contributed by atoms with Crippen molar-refractivity contribution >= 4 is 10.8 Å². The van der Waals surface area contributed by atoms with Crippen LogP contribution in [0.25, 0.3) is 10.8 Å². The first-order valence-corrected chi connectivity index (χ1v) is 12.3. The summed E-state index contributed by atoms with van der Waals surface area (Å²) in [5.74, 6) is 8.28. The van der Waals surface area contributed by atoms with Crippen LogP contribution in [-0.4, -0.2) is 13.2 Å². The molecule has 0 heterocycles. The summed E-state index contributed by atoms with van der Waals surface area (Å²) >= 11 is 0. The molecule has 34 heavy (non-hydrogen) atoms. The molecule has 0 radical (unpaired) electrons. The number of unbranched alkanes of at least 4 members (excludes halogenated alkanes) is 5. The van der Waals surface area contributed by atoms with Gasteiger partial charge in [-0.3, -0.25) is 0 Å². The highest BCUT2D eigenvalue weighted by Crippen LogP contribution is 2.25. The minimum Gasteiger partial charge on any atom is -0.494 e. The third-order valence-electron chi connectivity index (χ3n) is 5.79. The summed E-state index contributed by atoms with van der Waals surface area (Å²) in [5.41, 5.74) is 2.03. The van der Waals surface area contributed by atoms with Gasteiger partial charge < -0.3 is 9.47 Å². The van der Waals surface area contributed by atoms with Gasteiger partial charge in [-0.2, -0.15) is 0 Å². The van der Waals surface area contributed by atoms with Crippen molar-refractivity contribution in [3.8, 4) is 23.3 Å². The van der Waals surface area contributed by atoms with E-state index in [-0.39, 0.29) is 0 Å². The molecule has 0 saturated carbocycles. The van der Waals surface area contributed by atoms with Crippen molar-refractivity contribution in [2.24, 2.45) is 0 Å². The number of ether oxygens (including phenoxy) is 2. The van der Waals surface area contributed by atoms with Gasteiger partial charge in [0.2, 0.25) is 0 Å². The van der Waals surface area contributed by atoms with Crippen molar-refractivity contribution in [1.29, 1.82) is 0 Å². The summed E-state index contributed by atoms with van der Waals surface area (Å²) in [4.78, 5) is 0. The Morgan fingerprint density at radius 2 is 1.06 bits per heavy atom. The molecule has 0 aliphatic carbocycles. The molecule has 0 saturated heterocycles. The molecular weight excluding hydrogens is 416 g/mol. The first kappa shape index (κ1) is 23.5. The highest BCUT2D eigenvalue weighted by atomic mass is 16.5. The molecule has 0 spiro atoms. The third-order valence-corrected chi connectivity index (χ3v) is 5.79. The summed E-state index contributed by atoms with van der Waals surface area (Å²) in [6, 6.07) is 32.7. The molecule has 4 aromatic carbocycles. The molecule has 2 heteroatoms. The number of benzene rings is 4. The van der Waals surface area contributed by atoms with Gasteiger partial charge in [-0.1, -0.05) is 92.1 Å². The minimum absolute atomic E-state index is 0.763. The first-order chi connectivity index (χ1) is 16.9. The minimum atomic E-state index is 0.763. The Morgan fingerprint density at radius 3 is 1.82 bits per heavy atom.